The average molecular weight is 301 g/mol. The standard InChI is InChI=1S/C14H21BrO2/c1-10(2)5-7-13(15)12-9-11(16-3)6-8-14(12)17-4/h6,8-10,13H,5,7H2,1-4H3. The summed E-state index contributed by atoms with van der Waals surface area (Å²) in [5.74, 6) is 2.50. The van der Waals surface area contributed by atoms with Crippen molar-refractivity contribution in [2.75, 3.05) is 14.2 Å². The van der Waals surface area contributed by atoms with E-state index >= 15 is 0 Å². The van der Waals surface area contributed by atoms with Crippen LogP contribution in [0.2, 0.25) is 0 Å². The number of alkyl halides is 1. The fraction of sp³-hybridized carbons (Fsp3) is 0.571. The first kappa shape index (κ1) is 14.4. The van der Waals surface area contributed by atoms with E-state index in [1.54, 1.807) is 14.2 Å². The molecule has 0 saturated carbocycles. The molecule has 0 heterocycles. The smallest absolute Gasteiger partial charge is 0.123 e. The summed E-state index contributed by atoms with van der Waals surface area (Å²) in [6.45, 7) is 4.48. The highest BCUT2D eigenvalue weighted by Crippen LogP contribution is 2.37. The maximum absolute atomic E-state index is 5.39. The lowest BCUT2D eigenvalue weighted by molar-refractivity contribution is 0.397. The molecule has 0 bridgehead atoms. The summed E-state index contributed by atoms with van der Waals surface area (Å²) in [5, 5.41) is 0. The van der Waals surface area contributed by atoms with E-state index in [4.69, 9.17) is 9.47 Å². The first-order valence-corrected chi connectivity index (χ1v) is 6.86. The van der Waals surface area contributed by atoms with Crippen molar-refractivity contribution in [2.45, 2.75) is 31.5 Å². The molecule has 0 aliphatic rings. The van der Waals surface area contributed by atoms with Gasteiger partial charge in [-0.05, 0) is 37.0 Å². The zero-order chi connectivity index (χ0) is 12.8. The van der Waals surface area contributed by atoms with Crippen LogP contribution in [0.1, 0.15) is 37.1 Å². The lowest BCUT2D eigenvalue weighted by Crippen LogP contribution is -1.98. The highest BCUT2D eigenvalue weighted by molar-refractivity contribution is 9.09. The first-order valence-electron chi connectivity index (χ1n) is 5.94. The van der Waals surface area contributed by atoms with Crippen LogP contribution in [0.5, 0.6) is 11.5 Å². The van der Waals surface area contributed by atoms with Crippen molar-refractivity contribution in [3.8, 4) is 11.5 Å². The second kappa shape index (κ2) is 6.90. The Morgan fingerprint density at radius 1 is 1.12 bits per heavy atom. The fourth-order valence-corrected chi connectivity index (χ4v) is 2.34. The van der Waals surface area contributed by atoms with Gasteiger partial charge in [0.25, 0.3) is 0 Å². The minimum atomic E-state index is 0.315. The van der Waals surface area contributed by atoms with Gasteiger partial charge in [-0.15, -0.1) is 0 Å². The second-order valence-corrected chi connectivity index (χ2v) is 5.65. The van der Waals surface area contributed by atoms with E-state index in [1.807, 2.05) is 18.2 Å². The number of halogens is 1. The fourth-order valence-electron chi connectivity index (χ4n) is 1.72. The summed E-state index contributed by atoms with van der Waals surface area (Å²) in [6, 6.07) is 5.92. The van der Waals surface area contributed by atoms with Crippen LogP contribution in [-0.4, -0.2) is 14.2 Å². The van der Waals surface area contributed by atoms with Crippen molar-refractivity contribution in [3.05, 3.63) is 23.8 Å². The highest BCUT2D eigenvalue weighted by atomic mass is 79.9. The van der Waals surface area contributed by atoms with Crippen LogP contribution in [0.4, 0.5) is 0 Å². The first-order chi connectivity index (χ1) is 8.08. The third-order valence-corrected chi connectivity index (χ3v) is 3.72. The number of methoxy groups -OCH3 is 2. The molecule has 0 N–H and O–H groups in total. The molecular formula is C14H21BrO2. The van der Waals surface area contributed by atoms with Gasteiger partial charge < -0.3 is 9.47 Å². The van der Waals surface area contributed by atoms with Crippen molar-refractivity contribution < 1.29 is 9.47 Å². The van der Waals surface area contributed by atoms with Crippen LogP contribution in [0, 0.1) is 5.92 Å². The molecule has 0 aromatic heterocycles. The molecule has 3 heteroatoms. The monoisotopic (exact) mass is 300 g/mol. The Morgan fingerprint density at radius 2 is 1.82 bits per heavy atom. The van der Waals surface area contributed by atoms with E-state index in [0.29, 0.717) is 10.7 Å². The quantitative estimate of drug-likeness (QED) is 0.716. The Morgan fingerprint density at radius 3 is 2.35 bits per heavy atom. The van der Waals surface area contributed by atoms with Crippen LogP contribution in [-0.2, 0) is 0 Å². The van der Waals surface area contributed by atoms with Crippen molar-refractivity contribution >= 4 is 15.9 Å². The van der Waals surface area contributed by atoms with Gasteiger partial charge >= 0.3 is 0 Å². The van der Waals surface area contributed by atoms with Gasteiger partial charge in [-0.3, -0.25) is 0 Å². The molecule has 0 fully saturated rings. The summed E-state index contributed by atoms with van der Waals surface area (Å²) in [7, 11) is 3.39. The maximum atomic E-state index is 5.39. The van der Waals surface area contributed by atoms with E-state index in [-0.39, 0.29) is 0 Å². The van der Waals surface area contributed by atoms with Gasteiger partial charge in [0.15, 0.2) is 0 Å². The molecule has 0 saturated heterocycles. The van der Waals surface area contributed by atoms with E-state index in [2.05, 4.69) is 29.8 Å². The molecule has 1 aromatic rings. The number of hydrogen-bond donors (Lipinski definition) is 0. The summed E-state index contributed by atoms with van der Waals surface area (Å²) in [4.78, 5) is 0.315. The van der Waals surface area contributed by atoms with Crippen molar-refractivity contribution in [1.82, 2.24) is 0 Å². The predicted molar refractivity (Wildman–Crippen MR) is 75.3 cm³/mol. The van der Waals surface area contributed by atoms with Crippen LogP contribution in [0.25, 0.3) is 0 Å². The number of hydrogen-bond acceptors (Lipinski definition) is 2. The second-order valence-electron chi connectivity index (χ2n) is 4.55. The molecule has 1 rings (SSSR count). The Labute approximate surface area is 112 Å². The minimum absolute atomic E-state index is 0.315. The van der Waals surface area contributed by atoms with Gasteiger partial charge in [0, 0.05) is 10.4 Å². The molecule has 0 amide bonds. The lowest BCUT2D eigenvalue weighted by atomic mass is 10.0. The third-order valence-electron chi connectivity index (χ3n) is 2.77. The molecule has 1 aromatic carbocycles. The highest BCUT2D eigenvalue weighted by Gasteiger charge is 2.14. The Kier molecular flexibility index (Phi) is 5.83. The summed E-state index contributed by atoms with van der Waals surface area (Å²) in [5.41, 5.74) is 1.16. The molecule has 1 unspecified atom stereocenters. The van der Waals surface area contributed by atoms with Gasteiger partial charge in [-0.1, -0.05) is 29.8 Å². The van der Waals surface area contributed by atoms with Crippen LogP contribution < -0.4 is 9.47 Å². The molecule has 0 radical (unpaired) electrons. The molecule has 0 aliphatic heterocycles. The SMILES string of the molecule is COc1ccc(OC)c(C(Br)CCC(C)C)c1. The molecule has 2 nitrogen and oxygen atoms in total. The average Bonchev–Trinajstić information content (AvgIpc) is 2.34. The molecule has 0 spiro atoms. The summed E-state index contributed by atoms with van der Waals surface area (Å²) >= 11 is 3.73. The minimum Gasteiger partial charge on any atom is -0.497 e. The largest absolute Gasteiger partial charge is 0.497 e. The van der Waals surface area contributed by atoms with Gasteiger partial charge in [0.05, 0.1) is 14.2 Å². The van der Waals surface area contributed by atoms with Crippen LogP contribution in [0.15, 0.2) is 18.2 Å². The van der Waals surface area contributed by atoms with Crippen molar-refractivity contribution in [2.24, 2.45) is 5.92 Å². The van der Waals surface area contributed by atoms with Gasteiger partial charge in [0.2, 0.25) is 0 Å². The van der Waals surface area contributed by atoms with Gasteiger partial charge in [-0.2, -0.15) is 0 Å². The van der Waals surface area contributed by atoms with E-state index in [1.165, 1.54) is 6.42 Å². The molecule has 96 valence electrons. The van der Waals surface area contributed by atoms with Crippen molar-refractivity contribution in [3.63, 3.8) is 0 Å². The number of ether oxygens (including phenoxy) is 2. The molecule has 0 aliphatic carbocycles. The van der Waals surface area contributed by atoms with E-state index in [9.17, 15) is 0 Å². The molecule has 17 heavy (non-hydrogen) atoms. The number of benzene rings is 1. The van der Waals surface area contributed by atoms with Crippen LogP contribution in [0.3, 0.4) is 0 Å². The van der Waals surface area contributed by atoms with Crippen LogP contribution >= 0.6 is 15.9 Å². The molecule has 1 atom stereocenters. The zero-order valence-electron chi connectivity index (χ0n) is 11.0. The predicted octanol–water partition coefficient (Wildman–Crippen LogP) is 4.58. The Balaban J connectivity index is 2.85. The van der Waals surface area contributed by atoms with Gasteiger partial charge in [-0.25, -0.2) is 0 Å². The maximum Gasteiger partial charge on any atom is 0.123 e. The normalized spacial score (nSPS) is 12.6. The molecular weight excluding hydrogens is 280 g/mol. The third kappa shape index (κ3) is 4.23. The number of rotatable bonds is 6. The zero-order valence-corrected chi connectivity index (χ0v) is 12.6. The van der Waals surface area contributed by atoms with E-state index in [0.717, 1.165) is 23.5 Å². The Hall–Kier alpha value is -0.700. The lowest BCUT2D eigenvalue weighted by Gasteiger charge is -2.16. The van der Waals surface area contributed by atoms with Gasteiger partial charge in [0.1, 0.15) is 11.5 Å². The van der Waals surface area contributed by atoms with E-state index < -0.39 is 0 Å². The van der Waals surface area contributed by atoms with Crippen molar-refractivity contribution in [1.29, 1.82) is 0 Å². The Bertz CT molecular complexity index is 350. The summed E-state index contributed by atoms with van der Waals surface area (Å²) < 4.78 is 10.6. The topological polar surface area (TPSA) is 18.5 Å². The summed E-state index contributed by atoms with van der Waals surface area (Å²) in [6.07, 6.45) is 2.29.